The van der Waals surface area contributed by atoms with Crippen LogP contribution in [0.2, 0.25) is 0 Å². The van der Waals surface area contributed by atoms with Gasteiger partial charge in [0.15, 0.2) is 6.29 Å². The number of nitrogens with two attached hydrogens (primary N) is 1. The van der Waals surface area contributed by atoms with E-state index in [0.29, 0.717) is 0 Å². The summed E-state index contributed by atoms with van der Waals surface area (Å²) in [6, 6.07) is -0.492. The van der Waals surface area contributed by atoms with Crippen molar-refractivity contribution in [1.29, 1.82) is 0 Å². The highest BCUT2D eigenvalue weighted by atomic mass is 16.6. The van der Waals surface area contributed by atoms with E-state index in [0.717, 1.165) is 0 Å². The van der Waals surface area contributed by atoms with E-state index in [-0.39, 0.29) is 5.57 Å². The van der Waals surface area contributed by atoms with Crippen LogP contribution in [0, 0.1) is 0 Å². The SMILES string of the molecule is C=C(C(=O)OCC(O)O)C(C)N. The standard InChI is InChI=1S/C7H13NO4/c1-4(5(2)8)7(11)12-3-6(9)10/h5-6,9-10H,1,3,8H2,2H3. The minimum atomic E-state index is -1.66. The molecule has 0 amide bonds. The lowest BCUT2D eigenvalue weighted by Crippen LogP contribution is -2.26. The van der Waals surface area contributed by atoms with Crippen LogP contribution in [0.1, 0.15) is 6.92 Å². The molecule has 0 aromatic carbocycles. The molecule has 0 fully saturated rings. The molecule has 5 nitrogen and oxygen atoms in total. The Labute approximate surface area is 70.4 Å². The van der Waals surface area contributed by atoms with E-state index in [1.165, 1.54) is 0 Å². The highest BCUT2D eigenvalue weighted by Crippen LogP contribution is 1.98. The summed E-state index contributed by atoms with van der Waals surface area (Å²) in [6.07, 6.45) is -1.66. The van der Waals surface area contributed by atoms with Crippen molar-refractivity contribution >= 4 is 5.97 Å². The van der Waals surface area contributed by atoms with Gasteiger partial charge in [-0.3, -0.25) is 0 Å². The van der Waals surface area contributed by atoms with Crippen molar-refractivity contribution in [3.8, 4) is 0 Å². The Morgan fingerprint density at radius 1 is 1.67 bits per heavy atom. The van der Waals surface area contributed by atoms with Crippen LogP contribution in [0.3, 0.4) is 0 Å². The number of hydrogen-bond donors (Lipinski definition) is 3. The lowest BCUT2D eigenvalue weighted by atomic mass is 10.2. The number of esters is 1. The molecule has 4 N–H and O–H groups in total. The maximum Gasteiger partial charge on any atom is 0.335 e. The van der Waals surface area contributed by atoms with Crippen molar-refractivity contribution in [3.63, 3.8) is 0 Å². The number of ether oxygens (including phenoxy) is 1. The van der Waals surface area contributed by atoms with Gasteiger partial charge in [-0.2, -0.15) is 0 Å². The van der Waals surface area contributed by atoms with E-state index in [9.17, 15) is 4.79 Å². The van der Waals surface area contributed by atoms with Gasteiger partial charge in [-0.1, -0.05) is 6.58 Å². The molecule has 0 heterocycles. The van der Waals surface area contributed by atoms with Crippen LogP contribution in [-0.4, -0.2) is 35.1 Å². The Morgan fingerprint density at radius 3 is 2.50 bits per heavy atom. The number of aliphatic hydroxyl groups is 2. The minimum absolute atomic E-state index is 0.107. The topological polar surface area (TPSA) is 92.8 Å². The molecule has 0 saturated carbocycles. The van der Waals surface area contributed by atoms with Crippen LogP contribution in [0.5, 0.6) is 0 Å². The van der Waals surface area contributed by atoms with Crippen LogP contribution >= 0.6 is 0 Å². The summed E-state index contributed by atoms with van der Waals surface area (Å²) in [7, 11) is 0. The van der Waals surface area contributed by atoms with Gasteiger partial charge in [0.1, 0.15) is 6.61 Å². The van der Waals surface area contributed by atoms with Crippen LogP contribution in [0.15, 0.2) is 12.2 Å². The predicted molar refractivity (Wildman–Crippen MR) is 42.0 cm³/mol. The zero-order valence-electron chi connectivity index (χ0n) is 6.86. The zero-order valence-corrected chi connectivity index (χ0v) is 6.86. The maximum atomic E-state index is 10.9. The normalized spacial score (nSPS) is 12.8. The molecule has 0 aromatic heterocycles. The van der Waals surface area contributed by atoms with E-state index < -0.39 is 24.9 Å². The first-order valence-electron chi connectivity index (χ1n) is 3.42. The highest BCUT2D eigenvalue weighted by molar-refractivity contribution is 5.88. The van der Waals surface area contributed by atoms with Crippen molar-refractivity contribution in [2.24, 2.45) is 5.73 Å². The maximum absolute atomic E-state index is 10.9. The van der Waals surface area contributed by atoms with Crippen molar-refractivity contribution in [3.05, 3.63) is 12.2 Å². The van der Waals surface area contributed by atoms with Crippen LogP contribution in [0.25, 0.3) is 0 Å². The molecule has 0 radical (unpaired) electrons. The number of carbonyl (C=O) groups excluding carboxylic acids is 1. The first-order valence-corrected chi connectivity index (χ1v) is 3.42. The van der Waals surface area contributed by atoms with Crippen molar-refractivity contribution < 1.29 is 19.7 Å². The van der Waals surface area contributed by atoms with E-state index in [2.05, 4.69) is 11.3 Å². The number of aliphatic hydroxyl groups excluding tert-OH is 1. The predicted octanol–water partition coefficient (Wildman–Crippen LogP) is -1.26. The summed E-state index contributed by atoms with van der Waals surface area (Å²) in [5.74, 6) is -0.710. The van der Waals surface area contributed by atoms with Gasteiger partial charge in [-0.25, -0.2) is 4.79 Å². The Balaban J connectivity index is 3.81. The second kappa shape index (κ2) is 4.87. The van der Waals surface area contributed by atoms with E-state index in [1.54, 1.807) is 6.92 Å². The van der Waals surface area contributed by atoms with Gasteiger partial charge in [0, 0.05) is 11.6 Å². The van der Waals surface area contributed by atoms with Crippen LogP contribution in [-0.2, 0) is 9.53 Å². The fraction of sp³-hybridized carbons (Fsp3) is 0.571. The molecule has 0 saturated heterocycles. The Bertz CT molecular complexity index is 176. The third kappa shape index (κ3) is 4.07. The van der Waals surface area contributed by atoms with E-state index in [4.69, 9.17) is 15.9 Å². The highest BCUT2D eigenvalue weighted by Gasteiger charge is 2.13. The molecule has 12 heavy (non-hydrogen) atoms. The van der Waals surface area contributed by atoms with Crippen LogP contribution in [0.4, 0.5) is 0 Å². The Morgan fingerprint density at radius 2 is 2.17 bits per heavy atom. The summed E-state index contributed by atoms with van der Waals surface area (Å²) in [5.41, 5.74) is 5.42. The fourth-order valence-corrected chi connectivity index (χ4v) is 0.429. The summed E-state index contributed by atoms with van der Waals surface area (Å²) in [5, 5.41) is 16.7. The molecular weight excluding hydrogens is 162 g/mol. The van der Waals surface area contributed by atoms with Crippen molar-refractivity contribution in [2.45, 2.75) is 19.3 Å². The molecule has 0 aromatic rings. The molecule has 1 atom stereocenters. The van der Waals surface area contributed by atoms with Gasteiger partial charge in [-0.15, -0.1) is 0 Å². The molecule has 0 aliphatic heterocycles. The van der Waals surface area contributed by atoms with Gasteiger partial charge >= 0.3 is 5.97 Å². The monoisotopic (exact) mass is 175 g/mol. The smallest absolute Gasteiger partial charge is 0.335 e. The number of hydrogen-bond acceptors (Lipinski definition) is 5. The van der Waals surface area contributed by atoms with Crippen molar-refractivity contribution in [2.75, 3.05) is 6.61 Å². The van der Waals surface area contributed by atoms with Crippen molar-refractivity contribution in [1.82, 2.24) is 0 Å². The third-order valence-corrected chi connectivity index (χ3v) is 1.18. The second-order valence-electron chi connectivity index (χ2n) is 2.39. The van der Waals surface area contributed by atoms with E-state index >= 15 is 0 Å². The molecule has 0 spiro atoms. The van der Waals surface area contributed by atoms with E-state index in [1.807, 2.05) is 0 Å². The van der Waals surface area contributed by atoms with Gasteiger partial charge in [0.25, 0.3) is 0 Å². The Kier molecular flexibility index (Phi) is 4.50. The van der Waals surface area contributed by atoms with Gasteiger partial charge in [0.2, 0.25) is 0 Å². The lowest BCUT2D eigenvalue weighted by molar-refractivity contribution is -0.152. The second-order valence-corrected chi connectivity index (χ2v) is 2.39. The molecule has 0 aliphatic rings. The van der Waals surface area contributed by atoms with Gasteiger partial charge < -0.3 is 20.7 Å². The average Bonchev–Trinajstić information content (AvgIpc) is 1.98. The molecule has 70 valence electrons. The first-order chi connectivity index (χ1) is 5.45. The number of carbonyl (C=O) groups is 1. The summed E-state index contributed by atoms with van der Waals surface area (Å²) in [4.78, 5) is 10.9. The van der Waals surface area contributed by atoms with Crippen LogP contribution < -0.4 is 5.73 Å². The van der Waals surface area contributed by atoms with Gasteiger partial charge in [0.05, 0.1) is 0 Å². The molecule has 0 bridgehead atoms. The summed E-state index contributed by atoms with van der Waals surface area (Å²) < 4.78 is 4.41. The molecule has 0 aliphatic carbocycles. The molecular formula is C7H13NO4. The molecule has 0 rings (SSSR count). The Hall–Kier alpha value is -0.910. The molecule has 1 unspecified atom stereocenters. The third-order valence-electron chi connectivity index (χ3n) is 1.18. The van der Waals surface area contributed by atoms with Gasteiger partial charge in [-0.05, 0) is 6.92 Å². The zero-order chi connectivity index (χ0) is 9.72. The largest absolute Gasteiger partial charge is 0.457 e. The lowest BCUT2D eigenvalue weighted by Gasteiger charge is -2.09. The average molecular weight is 175 g/mol. The molecule has 5 heteroatoms. The first kappa shape index (κ1) is 11.1. The minimum Gasteiger partial charge on any atom is -0.457 e. The number of rotatable bonds is 4. The quantitative estimate of drug-likeness (QED) is 0.282. The summed E-state index contributed by atoms with van der Waals surface area (Å²) in [6.45, 7) is 4.48. The summed E-state index contributed by atoms with van der Waals surface area (Å²) >= 11 is 0. The fourth-order valence-electron chi connectivity index (χ4n) is 0.429.